The molecule has 0 unspecified atom stereocenters. The molecule has 1 aromatic rings. The van der Waals surface area contributed by atoms with Crippen LogP contribution >= 0.6 is 0 Å². The Morgan fingerprint density at radius 2 is 2.06 bits per heavy atom. The van der Waals surface area contributed by atoms with E-state index in [0.29, 0.717) is 13.1 Å². The summed E-state index contributed by atoms with van der Waals surface area (Å²) in [4.78, 5) is 21.6. The fourth-order valence-corrected chi connectivity index (χ4v) is 1.35. The minimum Gasteiger partial charge on any atom is -0.466 e. The van der Waals surface area contributed by atoms with E-state index < -0.39 is 6.10 Å². The SMILES string of the molecule is CCOC(=O)C[C@@H](OC=O)c1ccccc1. The van der Waals surface area contributed by atoms with Crippen LogP contribution in [-0.2, 0) is 19.1 Å². The van der Waals surface area contributed by atoms with Gasteiger partial charge in [-0.1, -0.05) is 30.3 Å². The van der Waals surface area contributed by atoms with Gasteiger partial charge in [-0.05, 0) is 12.5 Å². The third kappa shape index (κ3) is 3.73. The van der Waals surface area contributed by atoms with Gasteiger partial charge in [0, 0.05) is 0 Å². The van der Waals surface area contributed by atoms with Crippen molar-refractivity contribution >= 4 is 12.4 Å². The Morgan fingerprint density at radius 3 is 2.62 bits per heavy atom. The van der Waals surface area contributed by atoms with Crippen LogP contribution < -0.4 is 0 Å². The molecule has 0 aromatic heterocycles. The molecule has 4 nitrogen and oxygen atoms in total. The van der Waals surface area contributed by atoms with Crippen LogP contribution in [-0.4, -0.2) is 19.0 Å². The second-order valence-electron chi connectivity index (χ2n) is 3.14. The van der Waals surface area contributed by atoms with E-state index in [0.717, 1.165) is 5.56 Å². The molecule has 0 amide bonds. The molecule has 1 aromatic carbocycles. The molecule has 0 spiro atoms. The maximum absolute atomic E-state index is 11.3. The topological polar surface area (TPSA) is 52.6 Å². The molecule has 4 heteroatoms. The van der Waals surface area contributed by atoms with Gasteiger partial charge >= 0.3 is 5.97 Å². The van der Waals surface area contributed by atoms with Gasteiger partial charge in [-0.3, -0.25) is 9.59 Å². The van der Waals surface area contributed by atoms with Gasteiger partial charge in [0.2, 0.25) is 0 Å². The molecule has 0 saturated heterocycles. The van der Waals surface area contributed by atoms with Gasteiger partial charge in [-0.15, -0.1) is 0 Å². The van der Waals surface area contributed by atoms with E-state index >= 15 is 0 Å². The van der Waals surface area contributed by atoms with Crippen LogP contribution in [0.4, 0.5) is 0 Å². The lowest BCUT2D eigenvalue weighted by atomic mass is 10.1. The molecule has 1 atom stereocenters. The molecule has 0 radical (unpaired) electrons. The first kappa shape index (κ1) is 12.2. The van der Waals surface area contributed by atoms with Crippen LogP contribution in [0.15, 0.2) is 30.3 Å². The van der Waals surface area contributed by atoms with Crippen LogP contribution in [0.1, 0.15) is 25.0 Å². The lowest BCUT2D eigenvalue weighted by Crippen LogP contribution is -2.12. The summed E-state index contributed by atoms with van der Waals surface area (Å²) in [6.07, 6.45) is -0.533. The monoisotopic (exact) mass is 222 g/mol. The van der Waals surface area contributed by atoms with Gasteiger partial charge in [0.1, 0.15) is 6.10 Å². The van der Waals surface area contributed by atoms with Crippen molar-refractivity contribution in [2.45, 2.75) is 19.4 Å². The minimum atomic E-state index is -0.572. The smallest absolute Gasteiger partial charge is 0.309 e. The maximum atomic E-state index is 11.3. The molecule has 0 N–H and O–H groups in total. The Labute approximate surface area is 94.2 Å². The number of benzene rings is 1. The summed E-state index contributed by atoms with van der Waals surface area (Å²) < 4.78 is 9.67. The van der Waals surface area contributed by atoms with E-state index in [1.807, 2.05) is 18.2 Å². The first-order valence-electron chi connectivity index (χ1n) is 5.07. The first-order valence-corrected chi connectivity index (χ1v) is 5.07. The maximum Gasteiger partial charge on any atom is 0.309 e. The highest BCUT2D eigenvalue weighted by molar-refractivity contribution is 5.70. The van der Waals surface area contributed by atoms with Crippen molar-refractivity contribution in [3.05, 3.63) is 35.9 Å². The normalized spacial score (nSPS) is 11.6. The van der Waals surface area contributed by atoms with Gasteiger partial charge in [0.15, 0.2) is 0 Å². The summed E-state index contributed by atoms with van der Waals surface area (Å²) in [5.41, 5.74) is 0.780. The van der Waals surface area contributed by atoms with E-state index in [2.05, 4.69) is 0 Å². The molecule has 0 aliphatic carbocycles. The Hall–Kier alpha value is -1.84. The highest BCUT2D eigenvalue weighted by atomic mass is 16.5. The van der Waals surface area contributed by atoms with Gasteiger partial charge in [0.05, 0.1) is 13.0 Å². The number of carbonyl (C=O) groups excluding carboxylic acids is 2. The molecule has 16 heavy (non-hydrogen) atoms. The lowest BCUT2D eigenvalue weighted by Gasteiger charge is -2.14. The fourth-order valence-electron chi connectivity index (χ4n) is 1.35. The predicted molar refractivity (Wildman–Crippen MR) is 57.6 cm³/mol. The number of esters is 1. The van der Waals surface area contributed by atoms with E-state index in [4.69, 9.17) is 9.47 Å². The number of ether oxygens (including phenoxy) is 2. The van der Waals surface area contributed by atoms with Crippen molar-refractivity contribution in [2.75, 3.05) is 6.61 Å². The summed E-state index contributed by atoms with van der Waals surface area (Å²) in [5.74, 6) is -0.377. The van der Waals surface area contributed by atoms with E-state index in [-0.39, 0.29) is 12.4 Å². The first-order chi connectivity index (χ1) is 7.77. The van der Waals surface area contributed by atoms with E-state index in [1.54, 1.807) is 19.1 Å². The summed E-state index contributed by atoms with van der Waals surface area (Å²) in [6.45, 7) is 2.40. The summed E-state index contributed by atoms with van der Waals surface area (Å²) in [7, 11) is 0. The third-order valence-corrected chi connectivity index (χ3v) is 2.05. The minimum absolute atomic E-state index is 0.0383. The Morgan fingerprint density at radius 1 is 1.38 bits per heavy atom. The summed E-state index contributed by atoms with van der Waals surface area (Å²) in [6, 6.07) is 9.09. The molecule has 0 fully saturated rings. The number of carbonyl (C=O) groups is 2. The highest BCUT2D eigenvalue weighted by Gasteiger charge is 2.17. The van der Waals surface area contributed by atoms with E-state index in [9.17, 15) is 9.59 Å². The van der Waals surface area contributed by atoms with Crippen molar-refractivity contribution in [3.8, 4) is 0 Å². The highest BCUT2D eigenvalue weighted by Crippen LogP contribution is 2.20. The molecular weight excluding hydrogens is 208 g/mol. The van der Waals surface area contributed by atoms with Crippen molar-refractivity contribution in [1.82, 2.24) is 0 Å². The third-order valence-electron chi connectivity index (χ3n) is 2.05. The zero-order valence-electron chi connectivity index (χ0n) is 9.09. The summed E-state index contributed by atoms with van der Waals surface area (Å²) in [5, 5.41) is 0. The molecular formula is C12H14O4. The zero-order chi connectivity index (χ0) is 11.8. The van der Waals surface area contributed by atoms with Crippen LogP contribution in [0.25, 0.3) is 0 Å². The quantitative estimate of drug-likeness (QED) is 0.544. The molecule has 0 bridgehead atoms. The molecule has 1 rings (SSSR count). The van der Waals surface area contributed by atoms with Gasteiger partial charge < -0.3 is 9.47 Å². The fraction of sp³-hybridized carbons (Fsp3) is 0.333. The molecule has 0 aliphatic rings. The van der Waals surface area contributed by atoms with Crippen molar-refractivity contribution in [3.63, 3.8) is 0 Å². The van der Waals surface area contributed by atoms with Crippen molar-refractivity contribution in [1.29, 1.82) is 0 Å². The van der Waals surface area contributed by atoms with Crippen LogP contribution in [0.2, 0.25) is 0 Å². The van der Waals surface area contributed by atoms with Crippen LogP contribution in [0.5, 0.6) is 0 Å². The van der Waals surface area contributed by atoms with Crippen molar-refractivity contribution < 1.29 is 19.1 Å². The van der Waals surface area contributed by atoms with Gasteiger partial charge in [0.25, 0.3) is 6.47 Å². The second-order valence-corrected chi connectivity index (χ2v) is 3.14. The molecule has 0 saturated carbocycles. The van der Waals surface area contributed by atoms with Crippen LogP contribution in [0.3, 0.4) is 0 Å². The molecule has 86 valence electrons. The largest absolute Gasteiger partial charge is 0.466 e. The average Bonchev–Trinajstić information content (AvgIpc) is 2.30. The number of hydrogen-bond donors (Lipinski definition) is 0. The Balaban J connectivity index is 2.68. The van der Waals surface area contributed by atoms with Gasteiger partial charge in [-0.25, -0.2) is 0 Å². The standard InChI is InChI=1S/C12H14O4/c1-2-15-12(14)8-11(16-9-13)10-6-4-3-5-7-10/h3-7,9,11H,2,8H2,1H3/t11-/m1/s1. The van der Waals surface area contributed by atoms with Crippen molar-refractivity contribution in [2.24, 2.45) is 0 Å². The second kappa shape index (κ2) is 6.61. The van der Waals surface area contributed by atoms with Crippen LogP contribution in [0, 0.1) is 0 Å². The Kier molecular flexibility index (Phi) is 5.05. The number of hydrogen-bond acceptors (Lipinski definition) is 4. The van der Waals surface area contributed by atoms with Gasteiger partial charge in [-0.2, -0.15) is 0 Å². The average molecular weight is 222 g/mol. The molecule has 0 aliphatic heterocycles. The molecule has 0 heterocycles. The van der Waals surface area contributed by atoms with E-state index in [1.165, 1.54) is 0 Å². The number of rotatable bonds is 6. The predicted octanol–water partition coefficient (Wildman–Crippen LogP) is 1.85. The Bertz CT molecular complexity index is 334. The zero-order valence-corrected chi connectivity index (χ0v) is 9.09. The lowest BCUT2D eigenvalue weighted by molar-refractivity contribution is -0.148. The summed E-state index contributed by atoms with van der Waals surface area (Å²) >= 11 is 0.